The van der Waals surface area contributed by atoms with Crippen molar-refractivity contribution in [2.45, 2.75) is 118 Å². The highest BCUT2D eigenvalue weighted by Gasteiger charge is 2.45. The number of hydrogen-bond donors (Lipinski definition) is 7. The van der Waals surface area contributed by atoms with Gasteiger partial charge in [-0.1, -0.05) is 53.7 Å². The Morgan fingerprint density at radius 1 is 0.984 bits per heavy atom. The normalized spacial score (nSPS) is 16.0. The van der Waals surface area contributed by atoms with E-state index in [4.69, 9.17) is 25.6 Å². The molecule has 0 bridgehead atoms. The zero-order valence-corrected chi connectivity index (χ0v) is 37.2. The van der Waals surface area contributed by atoms with Crippen molar-refractivity contribution in [2.75, 3.05) is 11.9 Å². The number of nitrogens with two attached hydrogens (primary N) is 1. The fourth-order valence-electron chi connectivity index (χ4n) is 8.08. The molecule has 2 aliphatic heterocycles. The number of cyclic esters (lactones) is 1. The summed E-state index contributed by atoms with van der Waals surface area (Å²) in [6.45, 7) is 11.4. The van der Waals surface area contributed by atoms with Crippen LogP contribution in [0.25, 0.3) is 22.3 Å². The van der Waals surface area contributed by atoms with Crippen molar-refractivity contribution >= 4 is 52.0 Å². The standard InChI is InChI=1S/C47H58N8O9/c1-7-30-31-20-29(15-16-35(31)52-41-32(30)22-55-37(41)21-34-33(44(55)60)24-64-45(61)47(34,62)8-2)63-23-27-11-13-28(14-12-27)51-42(58)36(10-9-19-50-46(48)49)53-43(59)40(26(5)6)54-39(57)18-17-38(56)25(3)4/h11-16,20-21,25-26,36,40,62H,7-10,17-19,22-24H2,1-6H3,(H,51,58)(H,53,59)(H,54,57)(H4,48,49,50)/t36-,40-,47-/m0/s1. The molecule has 6 rings (SSSR count). The minimum atomic E-state index is -1.91. The molecular formula is C47H58N8O9. The van der Waals surface area contributed by atoms with Crippen LogP contribution in [0.2, 0.25) is 0 Å². The van der Waals surface area contributed by atoms with E-state index < -0.39 is 41.4 Å². The maximum absolute atomic E-state index is 13.7. The fraction of sp³-hybridized carbons (Fsp3) is 0.447. The molecule has 0 saturated heterocycles. The number of fused-ring (bicyclic) bond motifs is 5. The van der Waals surface area contributed by atoms with E-state index in [9.17, 15) is 33.9 Å². The number of carbonyl (C=O) groups excluding carboxylic acids is 5. The van der Waals surface area contributed by atoms with Gasteiger partial charge < -0.3 is 46.1 Å². The summed E-state index contributed by atoms with van der Waals surface area (Å²) in [5.41, 5.74) is 8.82. The molecule has 0 fully saturated rings. The minimum absolute atomic E-state index is 0.0480. The predicted molar refractivity (Wildman–Crippen MR) is 240 cm³/mol. The molecule has 64 heavy (non-hydrogen) atoms. The Morgan fingerprint density at radius 3 is 2.38 bits per heavy atom. The molecule has 8 N–H and O–H groups in total. The van der Waals surface area contributed by atoms with Gasteiger partial charge in [0.1, 0.15) is 36.8 Å². The van der Waals surface area contributed by atoms with Gasteiger partial charge in [-0.15, -0.1) is 0 Å². The molecule has 17 nitrogen and oxygen atoms in total. The number of pyridine rings is 2. The van der Waals surface area contributed by atoms with E-state index in [0.29, 0.717) is 54.3 Å². The number of esters is 1. The molecule has 0 unspecified atom stereocenters. The first-order chi connectivity index (χ1) is 30.4. The highest BCUT2D eigenvalue weighted by Crippen LogP contribution is 2.41. The summed E-state index contributed by atoms with van der Waals surface area (Å²) in [5, 5.41) is 30.7. The van der Waals surface area contributed by atoms with Gasteiger partial charge >= 0.3 is 5.97 Å². The smallest absolute Gasteiger partial charge is 0.343 e. The van der Waals surface area contributed by atoms with Crippen LogP contribution in [0.1, 0.15) is 101 Å². The summed E-state index contributed by atoms with van der Waals surface area (Å²) in [4.78, 5) is 83.2. The predicted octanol–water partition coefficient (Wildman–Crippen LogP) is 4.05. The highest BCUT2D eigenvalue weighted by molar-refractivity contribution is 5.99. The van der Waals surface area contributed by atoms with Crippen LogP contribution < -0.4 is 37.3 Å². The van der Waals surface area contributed by atoms with Gasteiger partial charge in [-0.3, -0.25) is 29.4 Å². The van der Waals surface area contributed by atoms with E-state index in [1.807, 2.05) is 37.3 Å². The van der Waals surface area contributed by atoms with Crippen LogP contribution in [-0.2, 0) is 60.5 Å². The van der Waals surface area contributed by atoms with Gasteiger partial charge in [-0.05, 0) is 79.1 Å². The van der Waals surface area contributed by atoms with Gasteiger partial charge in [0, 0.05) is 47.5 Å². The summed E-state index contributed by atoms with van der Waals surface area (Å²) in [6.07, 6.45) is 1.34. The van der Waals surface area contributed by atoms with Crippen molar-refractivity contribution in [3.8, 4) is 17.1 Å². The van der Waals surface area contributed by atoms with Crippen LogP contribution in [0.5, 0.6) is 5.75 Å². The average Bonchev–Trinajstić information content (AvgIpc) is 3.63. The monoisotopic (exact) mass is 878 g/mol. The molecule has 2 aromatic heterocycles. The summed E-state index contributed by atoms with van der Waals surface area (Å²) in [5.74, 6) is -2.38. The van der Waals surface area contributed by atoms with E-state index in [0.717, 1.165) is 22.1 Å². The van der Waals surface area contributed by atoms with Gasteiger partial charge in [0.25, 0.3) is 5.56 Å². The Bertz CT molecular complexity index is 2530. The lowest BCUT2D eigenvalue weighted by molar-refractivity contribution is -0.172. The Morgan fingerprint density at radius 2 is 1.72 bits per heavy atom. The van der Waals surface area contributed by atoms with Gasteiger partial charge in [0.2, 0.25) is 17.7 Å². The molecule has 3 amide bonds. The Balaban J connectivity index is 1.12. The lowest BCUT2D eigenvalue weighted by atomic mass is 9.86. The molecule has 0 aliphatic carbocycles. The number of carbonyl (C=O) groups is 5. The van der Waals surface area contributed by atoms with Gasteiger partial charge in [-0.25, -0.2) is 9.78 Å². The number of rotatable bonds is 19. The Kier molecular flexibility index (Phi) is 14.5. The molecule has 3 atom stereocenters. The van der Waals surface area contributed by atoms with Crippen molar-refractivity contribution in [1.29, 1.82) is 5.41 Å². The highest BCUT2D eigenvalue weighted by atomic mass is 16.6. The number of anilines is 1. The summed E-state index contributed by atoms with van der Waals surface area (Å²) < 4.78 is 13.1. The van der Waals surface area contributed by atoms with E-state index in [1.165, 1.54) is 0 Å². The number of guanidine groups is 1. The van der Waals surface area contributed by atoms with Crippen molar-refractivity contribution < 1.29 is 38.6 Å². The number of ketones is 1. The Hall–Kier alpha value is -6.62. The molecule has 17 heteroatoms. The molecule has 2 aliphatic rings. The third-order valence-electron chi connectivity index (χ3n) is 11.9. The molecule has 0 saturated carbocycles. The second-order valence-electron chi connectivity index (χ2n) is 17.0. The number of aryl methyl sites for hydroxylation is 1. The molecule has 4 aromatic rings. The molecule has 0 spiro atoms. The number of hydrogen-bond acceptors (Lipinski definition) is 11. The maximum Gasteiger partial charge on any atom is 0.343 e. The van der Waals surface area contributed by atoms with E-state index in [1.54, 1.807) is 57.4 Å². The van der Waals surface area contributed by atoms with Crippen LogP contribution in [-0.4, -0.2) is 68.7 Å². The lowest BCUT2D eigenvalue weighted by Crippen LogP contribution is -2.54. The van der Waals surface area contributed by atoms with Crippen LogP contribution >= 0.6 is 0 Å². The first-order valence-electron chi connectivity index (χ1n) is 21.8. The van der Waals surface area contributed by atoms with Crippen LogP contribution in [0.3, 0.4) is 0 Å². The van der Waals surface area contributed by atoms with Crippen LogP contribution in [0.15, 0.2) is 53.3 Å². The van der Waals surface area contributed by atoms with Crippen molar-refractivity contribution in [1.82, 2.24) is 25.5 Å². The van der Waals surface area contributed by atoms with Crippen LogP contribution in [0, 0.1) is 17.2 Å². The number of nitrogens with one attached hydrogen (secondary N) is 5. The molecular weight excluding hydrogens is 821 g/mol. The number of Topliss-reactive ketones (excluding diaryl/α,β-unsaturated/α-hetero) is 1. The van der Waals surface area contributed by atoms with Gasteiger partial charge in [0.05, 0.1) is 29.0 Å². The number of ether oxygens (including phenoxy) is 2. The van der Waals surface area contributed by atoms with E-state index >= 15 is 0 Å². The molecule has 340 valence electrons. The lowest BCUT2D eigenvalue weighted by Gasteiger charge is -2.31. The minimum Gasteiger partial charge on any atom is -0.489 e. The molecule has 4 heterocycles. The van der Waals surface area contributed by atoms with E-state index in [2.05, 4.69) is 21.3 Å². The summed E-state index contributed by atoms with van der Waals surface area (Å²) >= 11 is 0. The van der Waals surface area contributed by atoms with E-state index in [-0.39, 0.29) is 79.2 Å². The largest absolute Gasteiger partial charge is 0.489 e. The van der Waals surface area contributed by atoms with Crippen LogP contribution in [0.4, 0.5) is 5.69 Å². The molecule has 2 aromatic carbocycles. The average molecular weight is 879 g/mol. The maximum atomic E-state index is 13.7. The number of benzene rings is 2. The van der Waals surface area contributed by atoms with Crippen molar-refractivity contribution in [3.63, 3.8) is 0 Å². The first kappa shape index (κ1) is 46.9. The topological polar surface area (TPSA) is 257 Å². The van der Waals surface area contributed by atoms with Gasteiger partial charge in [0.15, 0.2) is 11.6 Å². The quantitative estimate of drug-likeness (QED) is 0.0268. The first-order valence-corrected chi connectivity index (χ1v) is 21.8. The third-order valence-corrected chi connectivity index (χ3v) is 11.9. The SMILES string of the molecule is CCc1c2c(nc3ccc(OCc4ccc(NC(=O)[C@H](CCCNC(=N)N)NC(=O)[C@@H](NC(=O)CCC(=O)C(C)C)C(C)C)cc4)cc13)-c1cc3c(c(=O)n1C2)COC(=O)[C@]3(O)CC. The zero-order valence-electron chi connectivity index (χ0n) is 37.2. The number of aromatic nitrogens is 2. The zero-order chi connectivity index (χ0) is 46.5. The number of nitrogens with zero attached hydrogens (tertiary/aromatic N) is 2. The molecule has 0 radical (unpaired) electrons. The second kappa shape index (κ2) is 19.8. The second-order valence-corrected chi connectivity index (χ2v) is 17.0. The Labute approximate surface area is 371 Å². The summed E-state index contributed by atoms with van der Waals surface area (Å²) in [7, 11) is 0. The van der Waals surface area contributed by atoms with Gasteiger partial charge in [-0.2, -0.15) is 0 Å². The fourth-order valence-corrected chi connectivity index (χ4v) is 8.08. The summed E-state index contributed by atoms with van der Waals surface area (Å²) in [6, 6.07) is 12.5. The number of amides is 3. The third kappa shape index (κ3) is 10.1. The van der Waals surface area contributed by atoms with Crippen molar-refractivity contribution in [2.24, 2.45) is 17.6 Å². The van der Waals surface area contributed by atoms with Crippen molar-refractivity contribution in [3.05, 3.63) is 86.7 Å². The number of aliphatic hydroxyl groups is 1.